The topological polar surface area (TPSA) is 58.6 Å². The highest BCUT2D eigenvalue weighted by atomic mass is 32.2. The van der Waals surface area contributed by atoms with Gasteiger partial charge in [0.25, 0.3) is 0 Å². The van der Waals surface area contributed by atoms with Gasteiger partial charge in [0.15, 0.2) is 0 Å². The van der Waals surface area contributed by atoms with Gasteiger partial charge in [-0.15, -0.1) is 0 Å². The third-order valence-electron chi connectivity index (χ3n) is 4.56. The molecule has 1 aliphatic rings. The summed E-state index contributed by atoms with van der Waals surface area (Å²) in [5.41, 5.74) is 2.13. The quantitative estimate of drug-likeness (QED) is 0.757. The number of aryl methyl sites for hydroxylation is 1. The molecule has 140 valence electrons. The van der Waals surface area contributed by atoms with E-state index in [0.717, 1.165) is 31.6 Å². The van der Waals surface area contributed by atoms with E-state index in [2.05, 4.69) is 21.8 Å². The Morgan fingerprint density at radius 2 is 1.96 bits per heavy atom. The van der Waals surface area contributed by atoms with Gasteiger partial charge in [-0.1, -0.05) is 42.5 Å². The lowest BCUT2D eigenvalue weighted by Crippen LogP contribution is -2.39. The van der Waals surface area contributed by atoms with E-state index in [0.29, 0.717) is 18.0 Å². The molecule has 0 bridgehead atoms. The highest BCUT2D eigenvalue weighted by Gasteiger charge is 2.21. The van der Waals surface area contributed by atoms with Crippen molar-refractivity contribution in [2.45, 2.75) is 24.3 Å². The van der Waals surface area contributed by atoms with Gasteiger partial charge in [-0.05, 0) is 43.1 Å². The molecular formula is C20H26N2O3S. The summed E-state index contributed by atoms with van der Waals surface area (Å²) in [6.07, 6.45) is 0.862. The van der Waals surface area contributed by atoms with Gasteiger partial charge in [0, 0.05) is 19.6 Å². The summed E-state index contributed by atoms with van der Waals surface area (Å²) < 4.78 is 33.2. The van der Waals surface area contributed by atoms with Gasteiger partial charge >= 0.3 is 0 Å². The molecule has 2 aromatic rings. The van der Waals surface area contributed by atoms with Crippen LogP contribution >= 0.6 is 0 Å². The van der Waals surface area contributed by atoms with Gasteiger partial charge < -0.3 is 4.74 Å². The third-order valence-corrected chi connectivity index (χ3v) is 6.02. The van der Waals surface area contributed by atoms with Crippen LogP contribution < -0.4 is 4.72 Å². The molecule has 1 N–H and O–H groups in total. The lowest BCUT2D eigenvalue weighted by atomic mass is 10.1. The van der Waals surface area contributed by atoms with Crippen molar-refractivity contribution in [3.05, 3.63) is 65.7 Å². The van der Waals surface area contributed by atoms with Crippen LogP contribution in [0.25, 0.3) is 0 Å². The summed E-state index contributed by atoms with van der Waals surface area (Å²) in [6, 6.07) is 17.2. The zero-order valence-corrected chi connectivity index (χ0v) is 15.9. The van der Waals surface area contributed by atoms with E-state index in [1.165, 1.54) is 5.56 Å². The number of rotatable bonds is 7. The van der Waals surface area contributed by atoms with E-state index in [4.69, 9.17) is 4.74 Å². The molecule has 0 amide bonds. The first-order valence-corrected chi connectivity index (χ1v) is 10.5. The standard InChI is InChI=1S/C20H26N2O3S/c1-17-7-5-10-19(15-17)26(23,24)21-11-6-12-22-13-14-25-20(16-22)18-8-3-2-4-9-18/h2-5,7-10,15,20-21H,6,11-14,16H2,1H3. The van der Waals surface area contributed by atoms with Crippen LogP contribution in [-0.4, -0.2) is 46.1 Å². The average molecular weight is 375 g/mol. The molecule has 26 heavy (non-hydrogen) atoms. The van der Waals surface area contributed by atoms with Crippen molar-refractivity contribution in [3.63, 3.8) is 0 Å². The van der Waals surface area contributed by atoms with Gasteiger partial charge in [-0.2, -0.15) is 0 Å². The number of hydrogen-bond acceptors (Lipinski definition) is 4. The Kier molecular flexibility index (Phi) is 6.43. The Balaban J connectivity index is 1.46. The van der Waals surface area contributed by atoms with Gasteiger partial charge in [0.05, 0.1) is 17.6 Å². The number of nitrogens with one attached hydrogen (secondary N) is 1. The van der Waals surface area contributed by atoms with Crippen molar-refractivity contribution < 1.29 is 13.2 Å². The lowest BCUT2D eigenvalue weighted by molar-refractivity contribution is -0.0300. The smallest absolute Gasteiger partial charge is 0.240 e. The van der Waals surface area contributed by atoms with Crippen molar-refractivity contribution in [1.29, 1.82) is 0 Å². The fraction of sp³-hybridized carbons (Fsp3) is 0.400. The van der Waals surface area contributed by atoms with Crippen LogP contribution in [0.2, 0.25) is 0 Å². The van der Waals surface area contributed by atoms with Gasteiger partial charge in [-0.3, -0.25) is 4.90 Å². The van der Waals surface area contributed by atoms with E-state index in [-0.39, 0.29) is 6.10 Å². The average Bonchev–Trinajstić information content (AvgIpc) is 2.66. The van der Waals surface area contributed by atoms with E-state index < -0.39 is 10.0 Å². The summed E-state index contributed by atoms with van der Waals surface area (Å²) in [7, 11) is -3.43. The number of morpholine rings is 1. The molecule has 2 aromatic carbocycles. The van der Waals surface area contributed by atoms with Crippen LogP contribution in [0.1, 0.15) is 23.7 Å². The van der Waals surface area contributed by atoms with E-state index in [1.807, 2.05) is 31.2 Å². The molecule has 6 heteroatoms. The molecule has 0 radical (unpaired) electrons. The van der Waals surface area contributed by atoms with E-state index in [9.17, 15) is 8.42 Å². The maximum absolute atomic E-state index is 12.3. The first kappa shape index (κ1) is 19.0. The molecule has 0 aromatic heterocycles. The minimum Gasteiger partial charge on any atom is -0.371 e. The Labute approximate surface area is 156 Å². The number of nitrogens with zero attached hydrogens (tertiary/aromatic N) is 1. The third kappa shape index (κ3) is 5.14. The zero-order valence-electron chi connectivity index (χ0n) is 15.1. The Bertz CT molecular complexity index is 809. The molecule has 5 nitrogen and oxygen atoms in total. The predicted molar refractivity (Wildman–Crippen MR) is 103 cm³/mol. The zero-order chi connectivity index (χ0) is 18.4. The molecule has 1 fully saturated rings. The molecule has 0 aliphatic carbocycles. The van der Waals surface area contributed by atoms with Gasteiger partial charge in [0.1, 0.15) is 0 Å². The van der Waals surface area contributed by atoms with Crippen LogP contribution in [0, 0.1) is 6.92 Å². The number of sulfonamides is 1. The Morgan fingerprint density at radius 1 is 1.15 bits per heavy atom. The predicted octanol–water partition coefficient (Wildman–Crippen LogP) is 2.74. The highest BCUT2D eigenvalue weighted by molar-refractivity contribution is 7.89. The van der Waals surface area contributed by atoms with Crippen molar-refractivity contribution >= 4 is 10.0 Å². The molecule has 1 heterocycles. The fourth-order valence-corrected chi connectivity index (χ4v) is 4.33. The van der Waals surface area contributed by atoms with E-state index >= 15 is 0 Å². The SMILES string of the molecule is Cc1cccc(S(=O)(=O)NCCCN2CCOC(c3ccccc3)C2)c1. The Hall–Kier alpha value is -1.73. The monoisotopic (exact) mass is 374 g/mol. The highest BCUT2D eigenvalue weighted by Crippen LogP contribution is 2.21. The molecule has 3 rings (SSSR count). The van der Waals surface area contributed by atoms with Gasteiger partial charge in [0.2, 0.25) is 10.0 Å². The number of benzene rings is 2. The second-order valence-electron chi connectivity index (χ2n) is 6.64. The molecule has 1 saturated heterocycles. The second kappa shape index (κ2) is 8.77. The van der Waals surface area contributed by atoms with Crippen molar-refractivity contribution in [2.75, 3.05) is 32.8 Å². The van der Waals surface area contributed by atoms with Crippen LogP contribution in [0.5, 0.6) is 0 Å². The Morgan fingerprint density at radius 3 is 2.73 bits per heavy atom. The summed E-state index contributed by atoms with van der Waals surface area (Å²) in [6.45, 7) is 5.60. The maximum atomic E-state index is 12.3. The fourth-order valence-electron chi connectivity index (χ4n) is 3.15. The van der Waals surface area contributed by atoms with Crippen LogP contribution in [0.3, 0.4) is 0 Å². The van der Waals surface area contributed by atoms with E-state index in [1.54, 1.807) is 18.2 Å². The van der Waals surface area contributed by atoms with Crippen LogP contribution in [0.15, 0.2) is 59.5 Å². The summed E-state index contributed by atoms with van der Waals surface area (Å²) in [5, 5.41) is 0. The maximum Gasteiger partial charge on any atom is 0.240 e. The molecule has 1 unspecified atom stereocenters. The number of ether oxygens (including phenoxy) is 1. The largest absolute Gasteiger partial charge is 0.371 e. The lowest BCUT2D eigenvalue weighted by Gasteiger charge is -2.33. The normalized spacial score (nSPS) is 18.7. The molecule has 1 aliphatic heterocycles. The number of hydrogen-bond donors (Lipinski definition) is 1. The van der Waals surface area contributed by atoms with Crippen LogP contribution in [0.4, 0.5) is 0 Å². The van der Waals surface area contributed by atoms with Crippen molar-refractivity contribution in [3.8, 4) is 0 Å². The van der Waals surface area contributed by atoms with Gasteiger partial charge in [-0.25, -0.2) is 13.1 Å². The summed E-state index contributed by atoms with van der Waals surface area (Å²) in [5.74, 6) is 0. The minimum absolute atomic E-state index is 0.0916. The first-order chi connectivity index (χ1) is 12.5. The minimum atomic E-state index is -3.43. The molecule has 0 saturated carbocycles. The molecule has 0 spiro atoms. The first-order valence-electron chi connectivity index (χ1n) is 9.00. The summed E-state index contributed by atoms with van der Waals surface area (Å²) >= 11 is 0. The summed E-state index contributed by atoms with van der Waals surface area (Å²) in [4.78, 5) is 2.66. The molecule has 1 atom stereocenters. The molecular weight excluding hydrogens is 348 g/mol. The van der Waals surface area contributed by atoms with Crippen molar-refractivity contribution in [2.24, 2.45) is 0 Å². The van der Waals surface area contributed by atoms with Crippen molar-refractivity contribution in [1.82, 2.24) is 9.62 Å². The van der Waals surface area contributed by atoms with Crippen LogP contribution in [-0.2, 0) is 14.8 Å². The second-order valence-corrected chi connectivity index (χ2v) is 8.41.